The van der Waals surface area contributed by atoms with Gasteiger partial charge in [0, 0.05) is 6.20 Å². The first-order chi connectivity index (χ1) is 14.8. The second-order valence-electron chi connectivity index (χ2n) is 10.1. The third-order valence-electron chi connectivity index (χ3n) is 5.18. The Hall–Kier alpha value is -2.45. The van der Waals surface area contributed by atoms with Crippen molar-refractivity contribution < 1.29 is 31.3 Å². The van der Waals surface area contributed by atoms with Crippen LogP contribution in [-0.2, 0) is 31.9 Å². The van der Waals surface area contributed by atoms with E-state index in [9.17, 15) is 10.2 Å². The van der Waals surface area contributed by atoms with E-state index in [-0.39, 0.29) is 43.4 Å². The van der Waals surface area contributed by atoms with Crippen LogP contribution in [0.3, 0.4) is 0 Å². The molecule has 4 nitrogen and oxygen atoms in total. The molecule has 3 aromatic rings. The number of nitrogens with zero attached hydrogens (tertiary/aromatic N) is 2. The normalized spacial score (nSPS) is 11.5. The molecule has 2 aromatic carbocycles. The Morgan fingerprint density at radius 2 is 1.21 bits per heavy atom. The van der Waals surface area contributed by atoms with Crippen molar-refractivity contribution in [3.05, 3.63) is 82.7 Å². The van der Waals surface area contributed by atoms with E-state index in [4.69, 9.17) is 0 Å². The van der Waals surface area contributed by atoms with E-state index < -0.39 is 0 Å². The van der Waals surface area contributed by atoms with Crippen molar-refractivity contribution in [2.45, 2.75) is 66.2 Å². The first-order valence-electron chi connectivity index (χ1n) is 10.9. The molecule has 0 spiro atoms. The van der Waals surface area contributed by atoms with E-state index in [2.05, 4.69) is 36.0 Å². The number of aromatic nitrogens is 1. The van der Waals surface area contributed by atoms with Crippen molar-refractivity contribution in [1.82, 2.24) is 4.98 Å². The van der Waals surface area contributed by atoms with Crippen molar-refractivity contribution in [3.8, 4) is 11.5 Å². The van der Waals surface area contributed by atoms with Gasteiger partial charge in [-0.15, -0.1) is 11.5 Å². The summed E-state index contributed by atoms with van der Waals surface area (Å²) in [4.78, 5) is 8.69. The summed E-state index contributed by atoms with van der Waals surface area (Å²) in [5.74, 6) is -0.695. The molecule has 0 fully saturated rings. The molecule has 0 saturated heterocycles. The maximum absolute atomic E-state index is 12.0. The van der Waals surface area contributed by atoms with E-state index in [1.807, 2.05) is 65.8 Å². The number of hydrogen-bond acceptors (Lipinski definition) is 4. The summed E-state index contributed by atoms with van der Waals surface area (Å²) in [6.45, 7) is 15.8. The van der Waals surface area contributed by atoms with Gasteiger partial charge in [0.2, 0.25) is 0 Å². The molecule has 0 atom stereocenters. The van der Waals surface area contributed by atoms with Gasteiger partial charge in [-0.3, -0.25) is 9.98 Å². The molecule has 0 aliphatic carbocycles. The van der Waals surface area contributed by atoms with E-state index in [0.717, 1.165) is 11.4 Å². The van der Waals surface area contributed by atoms with Crippen molar-refractivity contribution in [1.29, 1.82) is 0 Å². The fourth-order valence-electron chi connectivity index (χ4n) is 3.34. The Bertz CT molecular complexity index is 1020. The van der Waals surface area contributed by atoms with Gasteiger partial charge >= 0.3 is 21.1 Å². The molecule has 1 heterocycles. The summed E-state index contributed by atoms with van der Waals surface area (Å²) in [6, 6.07) is 15.6. The second-order valence-corrected chi connectivity index (χ2v) is 10.1. The van der Waals surface area contributed by atoms with Gasteiger partial charge in [-0.05, 0) is 47.9 Å². The molecule has 0 aliphatic rings. The summed E-state index contributed by atoms with van der Waals surface area (Å²) < 4.78 is 0. The van der Waals surface area contributed by atoms with Crippen LogP contribution in [0.5, 0.6) is 11.5 Å². The largest absolute Gasteiger partial charge is 2.00 e. The number of pyridine rings is 1. The molecule has 5 heteroatoms. The van der Waals surface area contributed by atoms with Crippen LogP contribution in [0.1, 0.15) is 69.5 Å². The van der Waals surface area contributed by atoms with Crippen molar-refractivity contribution in [3.63, 3.8) is 0 Å². The topological polar surface area (TPSA) is 71.4 Å². The smallest absolute Gasteiger partial charge is 0.873 e. The summed E-state index contributed by atoms with van der Waals surface area (Å²) >= 11 is 0. The third kappa shape index (κ3) is 7.82. The van der Waals surface area contributed by atoms with Gasteiger partial charge in [0.1, 0.15) is 0 Å². The molecule has 3 rings (SSSR count). The average molecular weight is 626 g/mol. The molecular weight excluding hydrogens is 591 g/mol. The molecule has 0 radical (unpaired) electrons. The Kier molecular flexibility index (Phi) is 10.1. The number of aliphatic imine (C=N–C) groups is 1. The first-order valence-corrected chi connectivity index (χ1v) is 10.9. The van der Waals surface area contributed by atoms with Gasteiger partial charge in [-0.25, -0.2) is 0 Å². The van der Waals surface area contributed by atoms with Crippen LogP contribution < -0.4 is 10.2 Å². The third-order valence-corrected chi connectivity index (χ3v) is 5.18. The minimum absolute atomic E-state index is 0. The standard InChI is InChI=1S/C14H14N2.C14H22O2.Pt/c1-11-6-5-7-12(2)14(11)16-10-13-8-3-4-9-15-13;1-13(2,3)9-7-8-10(14(4,5)6)12(16)11(9)15;/h3-10H,1-2H3;7-8,15-16H,1-6H3;/q;;+2/p-2. The molecule has 0 bridgehead atoms. The molecule has 0 amide bonds. The number of hydrogen-bond donors (Lipinski definition) is 0. The molecule has 0 N–H and O–H groups in total. The van der Waals surface area contributed by atoms with Crippen LogP contribution in [0.4, 0.5) is 5.69 Å². The summed E-state index contributed by atoms with van der Waals surface area (Å²) in [5, 5.41) is 23.9. The van der Waals surface area contributed by atoms with E-state index in [1.165, 1.54) is 11.1 Å². The quantitative estimate of drug-likeness (QED) is 0.335. The zero-order valence-corrected chi connectivity index (χ0v) is 23.1. The molecule has 1 aromatic heterocycles. The minimum atomic E-state index is -0.347. The zero-order valence-electron chi connectivity index (χ0n) is 20.8. The maximum atomic E-state index is 12.0. The van der Waals surface area contributed by atoms with Crippen LogP contribution in [-0.4, -0.2) is 11.2 Å². The molecule has 33 heavy (non-hydrogen) atoms. The van der Waals surface area contributed by atoms with Gasteiger partial charge in [-0.1, -0.05) is 89.1 Å². The Morgan fingerprint density at radius 3 is 1.61 bits per heavy atom. The van der Waals surface area contributed by atoms with Gasteiger partial charge in [0.25, 0.3) is 0 Å². The molecule has 0 unspecified atom stereocenters. The summed E-state index contributed by atoms with van der Waals surface area (Å²) in [6.07, 6.45) is 3.57. The SMILES string of the molecule is CC(C)(C)c1ccc(C(C)(C)C)c([O-])c1[O-].Cc1cccc(C)c1N=Cc1ccccn1.[Pt+2]. The van der Waals surface area contributed by atoms with Crippen LogP contribution in [0.25, 0.3) is 0 Å². The van der Waals surface area contributed by atoms with Gasteiger partial charge in [0.05, 0.1) is 17.6 Å². The van der Waals surface area contributed by atoms with Crippen LogP contribution in [0, 0.1) is 13.8 Å². The Morgan fingerprint density at radius 1 is 0.727 bits per heavy atom. The number of benzene rings is 2. The summed E-state index contributed by atoms with van der Waals surface area (Å²) in [5.41, 5.74) is 4.95. The maximum Gasteiger partial charge on any atom is 2.00 e. The monoisotopic (exact) mass is 625 g/mol. The second kappa shape index (κ2) is 11.6. The van der Waals surface area contributed by atoms with Crippen molar-refractivity contribution in [2.75, 3.05) is 0 Å². The minimum Gasteiger partial charge on any atom is -0.873 e. The van der Waals surface area contributed by atoms with E-state index >= 15 is 0 Å². The van der Waals surface area contributed by atoms with Crippen LogP contribution in [0.15, 0.2) is 59.7 Å². The van der Waals surface area contributed by atoms with Gasteiger partial charge in [0.15, 0.2) is 0 Å². The Labute approximate surface area is 213 Å². The number of para-hydroxylation sites is 1. The average Bonchev–Trinajstić information content (AvgIpc) is 2.69. The number of rotatable bonds is 2. The van der Waals surface area contributed by atoms with Crippen LogP contribution in [0.2, 0.25) is 0 Å². The molecule has 0 aliphatic heterocycles. The van der Waals surface area contributed by atoms with Gasteiger partial charge in [-0.2, -0.15) is 0 Å². The van der Waals surface area contributed by atoms with Crippen LogP contribution >= 0.6 is 0 Å². The predicted octanol–water partition coefficient (Wildman–Crippen LogP) is 5.88. The van der Waals surface area contributed by atoms with Crippen molar-refractivity contribution in [2.24, 2.45) is 4.99 Å². The summed E-state index contributed by atoms with van der Waals surface area (Å²) in [7, 11) is 0. The van der Waals surface area contributed by atoms with Gasteiger partial charge < -0.3 is 10.2 Å². The number of aryl methyl sites for hydroxylation is 2. The van der Waals surface area contributed by atoms with E-state index in [1.54, 1.807) is 24.5 Å². The fraction of sp³-hybridized carbons (Fsp3) is 0.357. The Balaban J connectivity index is 0.000000320. The zero-order chi connectivity index (χ0) is 24.1. The molecule has 0 saturated carbocycles. The molecule has 178 valence electrons. The van der Waals surface area contributed by atoms with Crippen molar-refractivity contribution >= 4 is 11.9 Å². The molecular formula is C28H34N2O2Pt. The first kappa shape index (κ1) is 28.6. The predicted molar refractivity (Wildman–Crippen MR) is 130 cm³/mol. The van der Waals surface area contributed by atoms with E-state index in [0.29, 0.717) is 11.1 Å². The fourth-order valence-corrected chi connectivity index (χ4v) is 3.34.